The van der Waals surface area contributed by atoms with Gasteiger partial charge in [0.15, 0.2) is 0 Å². The number of thiazole rings is 1. The Labute approximate surface area is 96.6 Å². The van der Waals surface area contributed by atoms with E-state index in [0.717, 1.165) is 26.6 Å². The fourth-order valence-corrected chi connectivity index (χ4v) is 2.55. The number of nitrogens with two attached hydrogens (primary N) is 1. The molecule has 0 unspecified atom stereocenters. The number of benzene rings is 1. The first-order valence-electron chi connectivity index (χ1n) is 4.91. The Balaban J connectivity index is 2.23. The first kappa shape index (κ1) is 9.30. The second-order valence-electron chi connectivity index (χ2n) is 3.43. The summed E-state index contributed by atoms with van der Waals surface area (Å²) in [7, 11) is 0. The van der Waals surface area contributed by atoms with Gasteiger partial charge in [0.2, 0.25) is 0 Å². The van der Waals surface area contributed by atoms with E-state index < -0.39 is 0 Å². The monoisotopic (exact) mass is 227 g/mol. The third-order valence-corrected chi connectivity index (χ3v) is 3.38. The highest BCUT2D eigenvalue weighted by Gasteiger charge is 2.08. The fourth-order valence-electron chi connectivity index (χ4n) is 1.57. The van der Waals surface area contributed by atoms with Crippen molar-refractivity contribution < 1.29 is 0 Å². The highest BCUT2D eigenvalue weighted by Crippen LogP contribution is 2.31. The Morgan fingerprint density at radius 2 is 2.00 bits per heavy atom. The molecule has 78 valence electrons. The van der Waals surface area contributed by atoms with Gasteiger partial charge in [0, 0.05) is 6.20 Å². The van der Waals surface area contributed by atoms with Gasteiger partial charge in [0.05, 0.1) is 16.1 Å². The Kier molecular flexibility index (Phi) is 2.08. The minimum atomic E-state index is 0.718. The summed E-state index contributed by atoms with van der Waals surface area (Å²) in [6.07, 6.45) is 1.77. The molecule has 4 heteroatoms. The topological polar surface area (TPSA) is 51.8 Å². The average molecular weight is 227 g/mol. The molecule has 0 radical (unpaired) electrons. The van der Waals surface area contributed by atoms with Gasteiger partial charge < -0.3 is 5.73 Å². The highest BCUT2D eigenvalue weighted by molar-refractivity contribution is 7.21. The molecule has 0 aliphatic carbocycles. The molecule has 0 fully saturated rings. The summed E-state index contributed by atoms with van der Waals surface area (Å²) in [5.74, 6) is 0. The van der Waals surface area contributed by atoms with Crippen molar-refractivity contribution in [3.63, 3.8) is 0 Å². The van der Waals surface area contributed by atoms with Gasteiger partial charge in [-0.25, -0.2) is 4.98 Å². The molecule has 0 aliphatic rings. The van der Waals surface area contributed by atoms with Crippen LogP contribution >= 0.6 is 11.3 Å². The third-order valence-electron chi connectivity index (χ3n) is 2.33. The molecule has 1 aromatic carbocycles. The van der Waals surface area contributed by atoms with E-state index >= 15 is 0 Å². The van der Waals surface area contributed by atoms with Crippen LogP contribution in [-0.2, 0) is 0 Å². The quantitative estimate of drug-likeness (QED) is 0.650. The number of nitrogen functional groups attached to an aromatic ring is 1. The van der Waals surface area contributed by atoms with Crippen LogP contribution in [0.3, 0.4) is 0 Å². The summed E-state index contributed by atoms with van der Waals surface area (Å²) in [4.78, 5) is 8.79. The van der Waals surface area contributed by atoms with Crippen LogP contribution in [0.5, 0.6) is 0 Å². The molecule has 0 bridgehead atoms. The lowest BCUT2D eigenvalue weighted by atomic mass is 10.3. The normalized spacial score (nSPS) is 10.8. The number of nitrogens with zero attached hydrogens (tertiary/aromatic N) is 2. The van der Waals surface area contributed by atoms with Crippen LogP contribution in [0.25, 0.3) is 20.9 Å². The maximum absolute atomic E-state index is 5.87. The van der Waals surface area contributed by atoms with Gasteiger partial charge >= 0.3 is 0 Å². The maximum Gasteiger partial charge on any atom is 0.143 e. The number of aromatic nitrogens is 2. The predicted octanol–water partition coefficient (Wildman–Crippen LogP) is 2.94. The lowest BCUT2D eigenvalue weighted by Gasteiger charge is -1.92. The highest BCUT2D eigenvalue weighted by atomic mass is 32.1. The van der Waals surface area contributed by atoms with E-state index in [-0.39, 0.29) is 0 Å². The van der Waals surface area contributed by atoms with E-state index in [0.29, 0.717) is 0 Å². The molecule has 0 spiro atoms. The Morgan fingerprint density at radius 1 is 1.06 bits per heavy atom. The van der Waals surface area contributed by atoms with E-state index in [1.54, 1.807) is 17.5 Å². The smallest absolute Gasteiger partial charge is 0.143 e. The van der Waals surface area contributed by atoms with Crippen molar-refractivity contribution in [2.45, 2.75) is 0 Å². The lowest BCUT2D eigenvalue weighted by molar-refractivity contribution is 1.31. The van der Waals surface area contributed by atoms with Crippen molar-refractivity contribution in [1.29, 1.82) is 0 Å². The lowest BCUT2D eigenvalue weighted by Crippen LogP contribution is -1.85. The summed E-state index contributed by atoms with van der Waals surface area (Å²) < 4.78 is 1.10. The maximum atomic E-state index is 5.87. The summed E-state index contributed by atoms with van der Waals surface area (Å²) in [6.45, 7) is 0. The number of hydrogen-bond acceptors (Lipinski definition) is 4. The summed E-state index contributed by atoms with van der Waals surface area (Å²) in [6, 6.07) is 11.6. The molecule has 3 aromatic rings. The van der Waals surface area contributed by atoms with Crippen molar-refractivity contribution in [2.24, 2.45) is 0 Å². The molecule has 0 atom stereocenters. The third kappa shape index (κ3) is 1.44. The van der Waals surface area contributed by atoms with Crippen LogP contribution in [0.4, 0.5) is 5.69 Å². The van der Waals surface area contributed by atoms with Crippen LogP contribution in [0.15, 0.2) is 42.6 Å². The van der Waals surface area contributed by atoms with Gasteiger partial charge in [0.1, 0.15) is 10.5 Å². The molecule has 3 nitrogen and oxygen atoms in total. The SMILES string of the molecule is Nc1cccc2sc(-c3ccccn3)nc12. The molecule has 2 aromatic heterocycles. The standard InChI is InChI=1S/C12H9N3S/c13-8-4-3-6-10-11(8)15-12(16-10)9-5-1-2-7-14-9/h1-7H,13H2. The summed E-state index contributed by atoms with van der Waals surface area (Å²) >= 11 is 1.61. The molecule has 0 saturated heterocycles. The zero-order valence-corrected chi connectivity index (χ0v) is 9.24. The van der Waals surface area contributed by atoms with Gasteiger partial charge in [0.25, 0.3) is 0 Å². The molecule has 16 heavy (non-hydrogen) atoms. The van der Waals surface area contributed by atoms with Gasteiger partial charge in [-0.3, -0.25) is 4.98 Å². The van der Waals surface area contributed by atoms with Gasteiger partial charge in [-0.15, -0.1) is 11.3 Å². The van der Waals surface area contributed by atoms with Gasteiger partial charge in [-0.2, -0.15) is 0 Å². The number of hydrogen-bond donors (Lipinski definition) is 1. The van der Waals surface area contributed by atoms with Gasteiger partial charge in [-0.1, -0.05) is 12.1 Å². The molecule has 0 aliphatic heterocycles. The number of anilines is 1. The van der Waals surface area contributed by atoms with Crippen LogP contribution in [-0.4, -0.2) is 9.97 Å². The van der Waals surface area contributed by atoms with E-state index in [9.17, 15) is 0 Å². The number of pyridine rings is 1. The van der Waals surface area contributed by atoms with Crippen molar-refractivity contribution in [2.75, 3.05) is 5.73 Å². The minimum absolute atomic E-state index is 0.718. The Morgan fingerprint density at radius 3 is 2.75 bits per heavy atom. The van der Waals surface area contributed by atoms with Crippen molar-refractivity contribution in [3.05, 3.63) is 42.6 Å². The largest absolute Gasteiger partial charge is 0.397 e. The zero-order chi connectivity index (χ0) is 11.0. The van der Waals surface area contributed by atoms with Crippen LogP contribution in [0.1, 0.15) is 0 Å². The van der Waals surface area contributed by atoms with Crippen LogP contribution < -0.4 is 5.73 Å². The Hall–Kier alpha value is -1.94. The van der Waals surface area contributed by atoms with E-state index in [2.05, 4.69) is 9.97 Å². The van der Waals surface area contributed by atoms with Gasteiger partial charge in [-0.05, 0) is 24.3 Å². The average Bonchev–Trinajstić information content (AvgIpc) is 2.76. The minimum Gasteiger partial charge on any atom is -0.397 e. The predicted molar refractivity (Wildman–Crippen MR) is 67.3 cm³/mol. The van der Waals surface area contributed by atoms with E-state index in [1.165, 1.54) is 0 Å². The first-order chi connectivity index (χ1) is 7.84. The molecule has 0 amide bonds. The Bertz CT molecular complexity index is 631. The first-order valence-corrected chi connectivity index (χ1v) is 5.73. The number of para-hydroxylation sites is 1. The number of fused-ring (bicyclic) bond motifs is 1. The zero-order valence-electron chi connectivity index (χ0n) is 8.42. The molecular weight excluding hydrogens is 218 g/mol. The molecule has 2 N–H and O–H groups in total. The molecule has 2 heterocycles. The molecule has 3 rings (SSSR count). The van der Waals surface area contributed by atoms with Crippen LogP contribution in [0.2, 0.25) is 0 Å². The molecule has 0 saturated carbocycles. The van der Waals surface area contributed by atoms with Crippen molar-refractivity contribution >= 4 is 27.2 Å². The number of rotatable bonds is 1. The van der Waals surface area contributed by atoms with E-state index in [1.807, 2.05) is 36.4 Å². The van der Waals surface area contributed by atoms with Crippen molar-refractivity contribution in [1.82, 2.24) is 9.97 Å². The second-order valence-corrected chi connectivity index (χ2v) is 4.46. The fraction of sp³-hybridized carbons (Fsp3) is 0. The molecular formula is C12H9N3S. The van der Waals surface area contributed by atoms with Crippen LogP contribution in [0, 0.1) is 0 Å². The van der Waals surface area contributed by atoms with E-state index in [4.69, 9.17) is 5.73 Å². The second kappa shape index (κ2) is 3.57. The summed E-state index contributed by atoms with van der Waals surface area (Å²) in [5, 5.41) is 0.911. The summed E-state index contributed by atoms with van der Waals surface area (Å²) in [5.41, 5.74) is 8.35. The van der Waals surface area contributed by atoms with Crippen molar-refractivity contribution in [3.8, 4) is 10.7 Å².